The summed E-state index contributed by atoms with van der Waals surface area (Å²) in [5.74, 6) is -4.08. The molecule has 0 aliphatic carbocycles. The van der Waals surface area contributed by atoms with Gasteiger partial charge in [-0.3, -0.25) is 9.52 Å². The Morgan fingerprint density at radius 1 is 0.923 bits per heavy atom. The van der Waals surface area contributed by atoms with Gasteiger partial charge in [0.15, 0.2) is 5.78 Å². The SMILES string of the molecule is CCN(Cc1ccccc1)c1ccc(NS(=O)(=O)c2ccc(C(C)=O)cc2)cc1C(=O)O.O=C(O)C(F)(F)F. The highest BCUT2D eigenvalue weighted by Crippen LogP contribution is 2.27. The van der Waals surface area contributed by atoms with Crippen molar-refractivity contribution in [3.8, 4) is 0 Å². The minimum absolute atomic E-state index is 0.00471. The summed E-state index contributed by atoms with van der Waals surface area (Å²) in [6.45, 7) is 4.41. The van der Waals surface area contributed by atoms with Crippen LogP contribution in [0.2, 0.25) is 0 Å². The predicted molar refractivity (Wildman–Crippen MR) is 138 cm³/mol. The van der Waals surface area contributed by atoms with Crippen LogP contribution in [0.15, 0.2) is 77.7 Å². The molecule has 3 aromatic rings. The van der Waals surface area contributed by atoms with Crippen LogP contribution in [0, 0.1) is 0 Å². The number of halogens is 3. The van der Waals surface area contributed by atoms with Gasteiger partial charge in [-0.25, -0.2) is 18.0 Å². The maximum Gasteiger partial charge on any atom is 0.490 e. The molecule has 0 saturated carbocycles. The van der Waals surface area contributed by atoms with Gasteiger partial charge in [0.1, 0.15) is 0 Å². The summed E-state index contributed by atoms with van der Waals surface area (Å²) in [6.07, 6.45) is -5.08. The Morgan fingerprint density at radius 2 is 1.49 bits per heavy atom. The first-order valence-corrected chi connectivity index (χ1v) is 12.7. The van der Waals surface area contributed by atoms with E-state index in [2.05, 4.69) is 4.72 Å². The van der Waals surface area contributed by atoms with Crippen molar-refractivity contribution in [2.45, 2.75) is 31.5 Å². The molecule has 0 aromatic heterocycles. The van der Waals surface area contributed by atoms with Crippen LogP contribution >= 0.6 is 0 Å². The highest BCUT2D eigenvalue weighted by molar-refractivity contribution is 7.92. The number of benzene rings is 3. The lowest BCUT2D eigenvalue weighted by atomic mass is 10.1. The standard InChI is InChI=1S/C24H24N2O5S.C2HF3O2/c1-3-26(16-18-7-5-4-6-8-18)23-14-11-20(15-22(23)24(28)29)25-32(30,31)21-12-9-19(10-13-21)17(2)27;3-2(4,5)1(6)7/h4-15,25H,3,16H2,1-2H3,(H,28,29);(H,6,7). The zero-order valence-electron chi connectivity index (χ0n) is 20.8. The molecule has 0 saturated heterocycles. The van der Waals surface area contributed by atoms with E-state index in [0.29, 0.717) is 24.3 Å². The van der Waals surface area contributed by atoms with E-state index < -0.39 is 28.1 Å². The first kappa shape index (κ1) is 30.8. The number of Topliss-reactive ketones (excluding diaryl/α,β-unsaturated/α-hetero) is 1. The molecular formula is C26H25F3N2O7S. The summed E-state index contributed by atoms with van der Waals surface area (Å²) in [6, 6.07) is 19.7. The molecule has 3 N–H and O–H groups in total. The maximum atomic E-state index is 12.7. The minimum Gasteiger partial charge on any atom is -0.478 e. The summed E-state index contributed by atoms with van der Waals surface area (Å²) >= 11 is 0. The number of rotatable bonds is 9. The van der Waals surface area contributed by atoms with Crippen LogP contribution in [-0.2, 0) is 21.4 Å². The van der Waals surface area contributed by atoms with Gasteiger partial charge in [0.05, 0.1) is 16.1 Å². The van der Waals surface area contributed by atoms with Gasteiger partial charge in [-0.05, 0) is 49.7 Å². The van der Waals surface area contributed by atoms with Gasteiger partial charge >= 0.3 is 18.1 Å². The van der Waals surface area contributed by atoms with Crippen molar-refractivity contribution in [2.75, 3.05) is 16.2 Å². The molecule has 0 heterocycles. The van der Waals surface area contributed by atoms with E-state index in [0.717, 1.165) is 5.56 Å². The summed E-state index contributed by atoms with van der Waals surface area (Å²) in [5, 5.41) is 16.9. The molecule has 39 heavy (non-hydrogen) atoms. The van der Waals surface area contributed by atoms with Crippen molar-refractivity contribution >= 4 is 39.1 Å². The number of aromatic carboxylic acids is 1. The van der Waals surface area contributed by atoms with Crippen molar-refractivity contribution in [3.05, 3.63) is 89.5 Å². The van der Waals surface area contributed by atoms with E-state index in [1.54, 1.807) is 6.07 Å². The third kappa shape index (κ3) is 8.85. The molecule has 0 bridgehead atoms. The van der Waals surface area contributed by atoms with Crippen LogP contribution in [0.1, 0.15) is 40.1 Å². The topological polar surface area (TPSA) is 141 Å². The average Bonchev–Trinajstić information content (AvgIpc) is 2.87. The second-order valence-electron chi connectivity index (χ2n) is 8.03. The first-order chi connectivity index (χ1) is 18.2. The predicted octanol–water partition coefficient (Wildman–Crippen LogP) is 5.05. The molecular weight excluding hydrogens is 541 g/mol. The fraction of sp³-hybridized carbons (Fsp3) is 0.192. The number of nitrogens with one attached hydrogen (secondary N) is 1. The van der Waals surface area contributed by atoms with Crippen molar-refractivity contribution in [3.63, 3.8) is 0 Å². The molecule has 0 spiro atoms. The number of ketones is 1. The monoisotopic (exact) mass is 566 g/mol. The van der Waals surface area contributed by atoms with E-state index in [9.17, 15) is 36.3 Å². The molecule has 0 aliphatic rings. The maximum absolute atomic E-state index is 12.7. The summed E-state index contributed by atoms with van der Waals surface area (Å²) in [4.78, 5) is 34.1. The van der Waals surface area contributed by atoms with Gasteiger partial charge in [-0.1, -0.05) is 42.5 Å². The third-order valence-corrected chi connectivity index (χ3v) is 6.63. The Kier molecular flexibility index (Phi) is 10.2. The van der Waals surface area contributed by atoms with Gasteiger partial charge < -0.3 is 15.1 Å². The normalized spacial score (nSPS) is 11.1. The lowest BCUT2D eigenvalue weighted by Crippen LogP contribution is -2.24. The summed E-state index contributed by atoms with van der Waals surface area (Å²) in [5.41, 5.74) is 2.06. The number of nitrogens with zero attached hydrogens (tertiary/aromatic N) is 1. The zero-order valence-corrected chi connectivity index (χ0v) is 21.6. The molecule has 0 unspecified atom stereocenters. The highest BCUT2D eigenvalue weighted by Gasteiger charge is 2.38. The van der Waals surface area contributed by atoms with Gasteiger partial charge in [-0.2, -0.15) is 13.2 Å². The molecule has 0 radical (unpaired) electrons. The van der Waals surface area contributed by atoms with E-state index in [-0.39, 0.29) is 21.9 Å². The van der Waals surface area contributed by atoms with Crippen molar-refractivity contribution in [1.29, 1.82) is 0 Å². The quantitative estimate of drug-likeness (QED) is 0.306. The number of aliphatic carboxylic acids is 1. The largest absolute Gasteiger partial charge is 0.490 e. The number of carbonyl (C=O) groups excluding carboxylic acids is 1. The number of carboxylic acids is 2. The number of carbonyl (C=O) groups is 3. The van der Waals surface area contributed by atoms with Crippen LogP contribution in [0.3, 0.4) is 0 Å². The Labute approximate surface area is 222 Å². The van der Waals surface area contributed by atoms with Crippen molar-refractivity contribution < 1.29 is 46.2 Å². The number of anilines is 2. The van der Waals surface area contributed by atoms with Crippen LogP contribution in [0.4, 0.5) is 24.5 Å². The molecule has 0 fully saturated rings. The Hall–Kier alpha value is -4.39. The smallest absolute Gasteiger partial charge is 0.478 e. The number of hydrogen-bond donors (Lipinski definition) is 3. The molecule has 3 aromatic carbocycles. The fourth-order valence-corrected chi connectivity index (χ4v) is 4.35. The first-order valence-electron chi connectivity index (χ1n) is 11.3. The summed E-state index contributed by atoms with van der Waals surface area (Å²) < 4.78 is 59.6. The molecule has 208 valence electrons. The van der Waals surface area contributed by atoms with Gasteiger partial charge in [0.25, 0.3) is 10.0 Å². The third-order valence-electron chi connectivity index (χ3n) is 5.23. The molecule has 3 rings (SSSR count). The lowest BCUT2D eigenvalue weighted by molar-refractivity contribution is -0.192. The number of hydrogen-bond acceptors (Lipinski definition) is 6. The second kappa shape index (κ2) is 12.9. The van der Waals surface area contributed by atoms with Gasteiger partial charge in [0.2, 0.25) is 0 Å². The molecule has 9 nitrogen and oxygen atoms in total. The summed E-state index contributed by atoms with van der Waals surface area (Å²) in [7, 11) is -3.95. The van der Waals surface area contributed by atoms with Crippen molar-refractivity contribution in [1.82, 2.24) is 0 Å². The van der Waals surface area contributed by atoms with E-state index in [1.165, 1.54) is 43.3 Å². The average molecular weight is 567 g/mol. The Morgan fingerprint density at radius 3 is 1.95 bits per heavy atom. The number of sulfonamides is 1. The highest BCUT2D eigenvalue weighted by atomic mass is 32.2. The van der Waals surface area contributed by atoms with Crippen LogP contribution in [0.5, 0.6) is 0 Å². The minimum atomic E-state index is -5.08. The Bertz CT molecular complexity index is 1430. The molecule has 0 amide bonds. The van der Waals surface area contributed by atoms with Gasteiger partial charge in [0, 0.05) is 24.3 Å². The van der Waals surface area contributed by atoms with Crippen LogP contribution < -0.4 is 9.62 Å². The molecule has 13 heteroatoms. The second-order valence-corrected chi connectivity index (χ2v) is 9.71. The zero-order chi connectivity index (χ0) is 29.4. The van der Waals surface area contributed by atoms with Crippen LogP contribution in [0.25, 0.3) is 0 Å². The lowest BCUT2D eigenvalue weighted by Gasteiger charge is -2.25. The van der Waals surface area contributed by atoms with E-state index in [4.69, 9.17) is 9.90 Å². The van der Waals surface area contributed by atoms with Gasteiger partial charge in [-0.15, -0.1) is 0 Å². The Balaban J connectivity index is 0.000000673. The fourth-order valence-electron chi connectivity index (χ4n) is 3.30. The van der Waals surface area contributed by atoms with Crippen LogP contribution in [-0.4, -0.2) is 49.1 Å². The van der Waals surface area contributed by atoms with E-state index in [1.807, 2.05) is 42.2 Å². The molecule has 0 aliphatic heterocycles. The number of carboxylic acid groups (broad SMARTS) is 2. The van der Waals surface area contributed by atoms with Crippen molar-refractivity contribution in [2.24, 2.45) is 0 Å². The number of alkyl halides is 3. The van der Waals surface area contributed by atoms with E-state index >= 15 is 0 Å². The molecule has 0 atom stereocenters.